The highest BCUT2D eigenvalue weighted by atomic mass is 19.1. The van der Waals surface area contributed by atoms with Gasteiger partial charge in [-0.05, 0) is 45.5 Å². The summed E-state index contributed by atoms with van der Waals surface area (Å²) in [7, 11) is 3.64. The van der Waals surface area contributed by atoms with Gasteiger partial charge in [0, 0.05) is 24.2 Å². The minimum absolute atomic E-state index is 0.182. The summed E-state index contributed by atoms with van der Waals surface area (Å²) < 4.78 is 19.0. The van der Waals surface area contributed by atoms with Gasteiger partial charge in [-0.15, -0.1) is 0 Å². The first-order valence-corrected chi connectivity index (χ1v) is 6.94. The number of ether oxygens (including phenoxy) is 1. The molecule has 1 aromatic carbocycles. The Bertz CT molecular complexity index is 403. The Kier molecular flexibility index (Phi) is 5.16. The molecule has 1 atom stereocenters. The predicted molar refractivity (Wildman–Crippen MR) is 74.9 cm³/mol. The van der Waals surface area contributed by atoms with E-state index >= 15 is 0 Å². The summed E-state index contributed by atoms with van der Waals surface area (Å²) in [5.41, 5.74) is 0.737. The van der Waals surface area contributed by atoms with Gasteiger partial charge in [0.2, 0.25) is 0 Å². The van der Waals surface area contributed by atoms with Crippen molar-refractivity contribution in [3.05, 3.63) is 29.6 Å². The van der Waals surface area contributed by atoms with E-state index in [1.807, 2.05) is 12.1 Å². The lowest BCUT2D eigenvalue weighted by Gasteiger charge is -2.27. The van der Waals surface area contributed by atoms with E-state index in [1.165, 1.54) is 18.9 Å². The summed E-state index contributed by atoms with van der Waals surface area (Å²) in [5.74, 6) is 0.389. The highest BCUT2D eigenvalue weighted by molar-refractivity contribution is 5.28. The number of hydrogen-bond donors (Lipinski definition) is 1. The number of methoxy groups -OCH3 is 1. The third kappa shape index (κ3) is 3.91. The lowest BCUT2D eigenvalue weighted by Crippen LogP contribution is -2.32. The molecule has 0 amide bonds. The van der Waals surface area contributed by atoms with E-state index in [0.717, 1.165) is 25.1 Å². The number of rotatable bonds is 4. The molecular formula is C15H23FN2O. The van der Waals surface area contributed by atoms with Crippen LogP contribution in [0.15, 0.2) is 18.2 Å². The minimum Gasteiger partial charge on any atom is -0.497 e. The third-order valence-corrected chi connectivity index (χ3v) is 3.85. The molecule has 0 aliphatic carbocycles. The largest absolute Gasteiger partial charge is 0.497 e. The smallest absolute Gasteiger partial charge is 0.131 e. The Balaban J connectivity index is 1.99. The molecule has 1 aliphatic heterocycles. The van der Waals surface area contributed by atoms with Crippen molar-refractivity contribution in [2.75, 3.05) is 27.2 Å². The van der Waals surface area contributed by atoms with Crippen LogP contribution in [0.1, 0.15) is 24.8 Å². The van der Waals surface area contributed by atoms with E-state index in [1.54, 1.807) is 7.11 Å². The highest BCUT2D eigenvalue weighted by Crippen LogP contribution is 2.20. The first-order chi connectivity index (χ1) is 9.20. The third-order valence-electron chi connectivity index (χ3n) is 3.85. The molecule has 1 fully saturated rings. The number of nitrogens with one attached hydrogen (secondary N) is 1. The second-order valence-electron chi connectivity index (χ2n) is 5.21. The molecule has 1 aliphatic rings. The molecule has 0 spiro atoms. The SMILES string of the molecule is COc1ccc(CN(C)C2CCCNCC2)c(F)c1. The van der Waals surface area contributed by atoms with E-state index in [2.05, 4.69) is 17.3 Å². The van der Waals surface area contributed by atoms with Gasteiger partial charge in [-0.1, -0.05) is 6.07 Å². The van der Waals surface area contributed by atoms with E-state index in [-0.39, 0.29) is 5.82 Å². The number of benzene rings is 1. The Morgan fingerprint density at radius 3 is 2.95 bits per heavy atom. The average molecular weight is 266 g/mol. The number of hydrogen-bond acceptors (Lipinski definition) is 3. The fourth-order valence-electron chi connectivity index (χ4n) is 2.62. The lowest BCUT2D eigenvalue weighted by atomic mass is 10.1. The summed E-state index contributed by atoms with van der Waals surface area (Å²) in [6, 6.07) is 5.63. The maximum absolute atomic E-state index is 13.9. The molecule has 0 radical (unpaired) electrons. The molecule has 1 N–H and O–H groups in total. The number of nitrogens with zero attached hydrogens (tertiary/aromatic N) is 1. The molecule has 0 aromatic heterocycles. The van der Waals surface area contributed by atoms with Crippen molar-refractivity contribution in [1.29, 1.82) is 0 Å². The van der Waals surface area contributed by atoms with Crippen LogP contribution in [-0.4, -0.2) is 38.2 Å². The maximum atomic E-state index is 13.9. The lowest BCUT2D eigenvalue weighted by molar-refractivity contribution is 0.214. The molecule has 0 bridgehead atoms. The molecule has 3 nitrogen and oxygen atoms in total. The monoisotopic (exact) mass is 266 g/mol. The van der Waals surface area contributed by atoms with Gasteiger partial charge in [0.15, 0.2) is 0 Å². The molecule has 106 valence electrons. The summed E-state index contributed by atoms with van der Waals surface area (Å²) >= 11 is 0. The fraction of sp³-hybridized carbons (Fsp3) is 0.600. The molecule has 1 heterocycles. The highest BCUT2D eigenvalue weighted by Gasteiger charge is 2.18. The first kappa shape index (κ1) is 14.3. The van der Waals surface area contributed by atoms with Crippen molar-refractivity contribution < 1.29 is 9.13 Å². The Morgan fingerprint density at radius 1 is 1.37 bits per heavy atom. The van der Waals surface area contributed by atoms with E-state index in [9.17, 15) is 4.39 Å². The molecule has 19 heavy (non-hydrogen) atoms. The van der Waals surface area contributed by atoms with Crippen molar-refractivity contribution in [3.8, 4) is 5.75 Å². The van der Waals surface area contributed by atoms with Crippen LogP contribution in [0.3, 0.4) is 0 Å². The summed E-state index contributed by atoms with van der Waals surface area (Å²) in [6.45, 7) is 2.81. The van der Waals surface area contributed by atoms with Gasteiger partial charge in [0.05, 0.1) is 7.11 Å². The van der Waals surface area contributed by atoms with Crippen molar-refractivity contribution in [1.82, 2.24) is 10.2 Å². The molecule has 2 rings (SSSR count). The van der Waals surface area contributed by atoms with Gasteiger partial charge in [-0.3, -0.25) is 4.90 Å². The Labute approximate surface area is 114 Å². The Hall–Kier alpha value is -1.13. The molecule has 0 saturated carbocycles. The maximum Gasteiger partial charge on any atom is 0.131 e. The fourth-order valence-corrected chi connectivity index (χ4v) is 2.62. The second kappa shape index (κ2) is 6.87. The van der Waals surface area contributed by atoms with Crippen molar-refractivity contribution in [2.45, 2.75) is 31.8 Å². The van der Waals surface area contributed by atoms with Crippen LogP contribution in [0.5, 0.6) is 5.75 Å². The minimum atomic E-state index is -0.182. The van der Waals surface area contributed by atoms with E-state index < -0.39 is 0 Å². The van der Waals surface area contributed by atoms with Crippen LogP contribution < -0.4 is 10.1 Å². The van der Waals surface area contributed by atoms with Crippen molar-refractivity contribution in [3.63, 3.8) is 0 Å². The zero-order valence-corrected chi connectivity index (χ0v) is 11.8. The van der Waals surface area contributed by atoms with E-state index in [0.29, 0.717) is 18.3 Å². The van der Waals surface area contributed by atoms with Crippen LogP contribution >= 0.6 is 0 Å². The normalized spacial score (nSPS) is 20.3. The zero-order valence-electron chi connectivity index (χ0n) is 11.8. The Morgan fingerprint density at radius 2 is 2.21 bits per heavy atom. The molecular weight excluding hydrogens is 243 g/mol. The van der Waals surface area contributed by atoms with Gasteiger partial charge in [-0.25, -0.2) is 4.39 Å². The van der Waals surface area contributed by atoms with Crippen LogP contribution in [0.4, 0.5) is 4.39 Å². The summed E-state index contributed by atoms with van der Waals surface area (Å²) in [5, 5.41) is 3.41. The topological polar surface area (TPSA) is 24.5 Å². The van der Waals surface area contributed by atoms with Gasteiger partial charge < -0.3 is 10.1 Å². The van der Waals surface area contributed by atoms with Crippen LogP contribution in [-0.2, 0) is 6.54 Å². The van der Waals surface area contributed by atoms with Crippen LogP contribution in [0, 0.1) is 5.82 Å². The summed E-state index contributed by atoms with van der Waals surface area (Å²) in [4.78, 5) is 2.26. The van der Waals surface area contributed by atoms with Gasteiger partial charge in [0.25, 0.3) is 0 Å². The quantitative estimate of drug-likeness (QED) is 0.905. The van der Waals surface area contributed by atoms with Crippen LogP contribution in [0.2, 0.25) is 0 Å². The second-order valence-corrected chi connectivity index (χ2v) is 5.21. The first-order valence-electron chi connectivity index (χ1n) is 6.94. The molecule has 1 aromatic rings. The van der Waals surface area contributed by atoms with Gasteiger partial charge in [0.1, 0.15) is 11.6 Å². The van der Waals surface area contributed by atoms with Gasteiger partial charge >= 0.3 is 0 Å². The van der Waals surface area contributed by atoms with Crippen LogP contribution in [0.25, 0.3) is 0 Å². The van der Waals surface area contributed by atoms with Gasteiger partial charge in [-0.2, -0.15) is 0 Å². The predicted octanol–water partition coefficient (Wildman–Crippen LogP) is 2.41. The van der Waals surface area contributed by atoms with Crippen molar-refractivity contribution in [2.24, 2.45) is 0 Å². The molecule has 1 saturated heterocycles. The zero-order chi connectivity index (χ0) is 13.7. The molecule has 1 unspecified atom stereocenters. The standard InChI is InChI=1S/C15H23FN2O/c1-18(13-4-3-8-17-9-7-13)11-12-5-6-14(19-2)10-15(12)16/h5-6,10,13,17H,3-4,7-9,11H2,1-2H3. The average Bonchev–Trinajstić information content (AvgIpc) is 2.70. The number of halogens is 1. The molecule has 4 heteroatoms. The van der Waals surface area contributed by atoms with Crippen molar-refractivity contribution >= 4 is 0 Å². The van der Waals surface area contributed by atoms with E-state index in [4.69, 9.17) is 4.74 Å². The summed E-state index contributed by atoms with van der Waals surface area (Å²) in [6.07, 6.45) is 3.51.